The first-order chi connectivity index (χ1) is 19.6. The van der Waals surface area contributed by atoms with Crippen molar-refractivity contribution in [2.24, 2.45) is 5.92 Å². The molecule has 0 unspecified atom stereocenters. The van der Waals surface area contributed by atoms with E-state index in [9.17, 15) is 8.78 Å². The molecule has 40 heavy (non-hydrogen) atoms. The van der Waals surface area contributed by atoms with Crippen molar-refractivity contribution in [1.29, 1.82) is 0 Å². The summed E-state index contributed by atoms with van der Waals surface area (Å²) in [6, 6.07) is 20.4. The average Bonchev–Trinajstić information content (AvgIpc) is 2.99. The maximum atomic E-state index is 14.7. The molecule has 0 N–H and O–H groups in total. The molecule has 0 atom stereocenters. The van der Waals surface area contributed by atoms with E-state index in [1.165, 1.54) is 74.1 Å². The number of allylic oxidation sites excluding steroid dienone is 2. The molecule has 3 aromatic rings. The first-order valence-electron chi connectivity index (χ1n) is 15.5. The molecule has 1 aliphatic rings. The SMILES string of the molecule is CCCCCc1ccc(C2CCC(/C=C/CCc3ccc(-c4ccc(OCCCC)c(F)c4F)cc3)CC2)cc1. The lowest BCUT2D eigenvalue weighted by Gasteiger charge is -2.27. The minimum Gasteiger partial charge on any atom is -0.490 e. The Morgan fingerprint density at radius 1 is 0.725 bits per heavy atom. The van der Waals surface area contributed by atoms with Crippen molar-refractivity contribution < 1.29 is 13.5 Å². The third kappa shape index (κ3) is 8.53. The molecule has 3 heteroatoms. The number of hydrogen-bond acceptors (Lipinski definition) is 1. The maximum absolute atomic E-state index is 14.7. The van der Waals surface area contributed by atoms with Crippen LogP contribution in [0.2, 0.25) is 0 Å². The molecule has 0 radical (unpaired) electrons. The molecular weight excluding hydrogens is 498 g/mol. The van der Waals surface area contributed by atoms with Gasteiger partial charge in [-0.15, -0.1) is 0 Å². The second-order valence-electron chi connectivity index (χ2n) is 11.4. The van der Waals surface area contributed by atoms with Crippen molar-refractivity contribution in [3.05, 3.63) is 101 Å². The van der Waals surface area contributed by atoms with Crippen molar-refractivity contribution >= 4 is 0 Å². The number of rotatable bonds is 14. The van der Waals surface area contributed by atoms with Crippen molar-refractivity contribution in [2.75, 3.05) is 6.61 Å². The standard InChI is InChI=1S/C37H46F2O/c1-3-5-7-10-28-13-19-31(20-14-28)32-21-15-29(16-22-32)11-8-9-12-30-17-23-33(24-18-30)34-25-26-35(37(39)36(34)38)40-27-6-4-2/h8,11,13-14,17-20,23-26,29,32H,3-7,9-10,12,15-16,21-22,27H2,1-2H3/b11-8+. The lowest BCUT2D eigenvalue weighted by molar-refractivity contribution is 0.289. The Kier molecular flexibility index (Phi) is 11.8. The van der Waals surface area contributed by atoms with E-state index in [4.69, 9.17) is 4.74 Å². The van der Waals surface area contributed by atoms with Crippen molar-refractivity contribution in [3.8, 4) is 16.9 Å². The highest BCUT2D eigenvalue weighted by Crippen LogP contribution is 2.36. The first-order valence-corrected chi connectivity index (χ1v) is 15.5. The van der Waals surface area contributed by atoms with Gasteiger partial charge in [0.15, 0.2) is 11.6 Å². The fourth-order valence-electron chi connectivity index (χ4n) is 5.76. The predicted molar refractivity (Wildman–Crippen MR) is 164 cm³/mol. The van der Waals surface area contributed by atoms with Crippen LogP contribution in [0, 0.1) is 17.6 Å². The average molecular weight is 545 g/mol. The molecule has 0 heterocycles. The van der Waals surface area contributed by atoms with Gasteiger partial charge in [-0.3, -0.25) is 0 Å². The highest BCUT2D eigenvalue weighted by molar-refractivity contribution is 5.65. The fraction of sp³-hybridized carbons (Fsp3) is 0.459. The number of halogens is 2. The Labute approximate surface area is 240 Å². The van der Waals surface area contributed by atoms with Gasteiger partial charge in [-0.1, -0.05) is 93.8 Å². The van der Waals surface area contributed by atoms with E-state index in [-0.39, 0.29) is 11.3 Å². The molecule has 1 fully saturated rings. The third-order valence-corrected chi connectivity index (χ3v) is 8.37. The van der Waals surface area contributed by atoms with E-state index in [1.54, 1.807) is 6.07 Å². The summed E-state index contributed by atoms with van der Waals surface area (Å²) < 4.78 is 34.6. The van der Waals surface area contributed by atoms with E-state index in [1.807, 2.05) is 31.2 Å². The normalized spacial score (nSPS) is 17.4. The van der Waals surface area contributed by atoms with Crippen LogP contribution in [0.4, 0.5) is 8.78 Å². The molecule has 0 aromatic heterocycles. The fourth-order valence-corrected chi connectivity index (χ4v) is 5.76. The van der Waals surface area contributed by atoms with Crippen LogP contribution in [0.25, 0.3) is 11.1 Å². The van der Waals surface area contributed by atoms with Gasteiger partial charge in [0.25, 0.3) is 0 Å². The van der Waals surface area contributed by atoms with E-state index in [0.717, 1.165) is 25.7 Å². The predicted octanol–water partition coefficient (Wildman–Crippen LogP) is 11.0. The number of benzene rings is 3. The van der Waals surface area contributed by atoms with Gasteiger partial charge in [-0.2, -0.15) is 4.39 Å². The van der Waals surface area contributed by atoms with Gasteiger partial charge in [0, 0.05) is 5.56 Å². The third-order valence-electron chi connectivity index (χ3n) is 8.37. The summed E-state index contributed by atoms with van der Waals surface area (Å²) in [5.41, 5.74) is 5.15. The Balaban J connectivity index is 1.20. The second-order valence-corrected chi connectivity index (χ2v) is 11.4. The van der Waals surface area contributed by atoms with Crippen molar-refractivity contribution in [1.82, 2.24) is 0 Å². The zero-order valence-corrected chi connectivity index (χ0v) is 24.4. The number of ether oxygens (including phenoxy) is 1. The van der Waals surface area contributed by atoms with Gasteiger partial charge in [0.2, 0.25) is 5.82 Å². The number of hydrogen-bond donors (Lipinski definition) is 0. The molecule has 3 aromatic carbocycles. The van der Waals surface area contributed by atoms with Crippen LogP contribution in [0.15, 0.2) is 72.8 Å². The summed E-state index contributed by atoms with van der Waals surface area (Å²) in [7, 11) is 0. The van der Waals surface area contributed by atoms with Crippen molar-refractivity contribution in [2.45, 2.75) is 96.8 Å². The van der Waals surface area contributed by atoms with Gasteiger partial charge < -0.3 is 4.74 Å². The van der Waals surface area contributed by atoms with Crippen LogP contribution in [0.1, 0.15) is 101 Å². The molecule has 0 saturated heterocycles. The van der Waals surface area contributed by atoms with Gasteiger partial charge in [0.05, 0.1) is 6.61 Å². The smallest absolute Gasteiger partial charge is 0.201 e. The lowest BCUT2D eigenvalue weighted by atomic mass is 9.78. The molecular formula is C37H46F2O. The molecule has 4 rings (SSSR count). The second kappa shape index (κ2) is 15.7. The maximum Gasteiger partial charge on any atom is 0.201 e. The largest absolute Gasteiger partial charge is 0.490 e. The monoisotopic (exact) mass is 544 g/mol. The zero-order valence-electron chi connectivity index (χ0n) is 24.4. The van der Waals surface area contributed by atoms with Gasteiger partial charge in [0.1, 0.15) is 0 Å². The van der Waals surface area contributed by atoms with Crippen LogP contribution in [-0.4, -0.2) is 6.61 Å². The van der Waals surface area contributed by atoms with Crippen molar-refractivity contribution in [3.63, 3.8) is 0 Å². The molecule has 214 valence electrons. The lowest BCUT2D eigenvalue weighted by Crippen LogP contribution is -2.11. The Morgan fingerprint density at radius 2 is 1.40 bits per heavy atom. The van der Waals surface area contributed by atoms with Crippen LogP contribution in [-0.2, 0) is 12.8 Å². The minimum absolute atomic E-state index is 0.0154. The quantitative estimate of drug-likeness (QED) is 0.145. The van der Waals surface area contributed by atoms with E-state index >= 15 is 0 Å². The molecule has 0 spiro atoms. The minimum atomic E-state index is -0.910. The summed E-state index contributed by atoms with van der Waals surface area (Å²) in [5, 5.41) is 0. The van der Waals surface area contributed by atoms with E-state index in [0.29, 0.717) is 24.0 Å². The van der Waals surface area contributed by atoms with Crippen LogP contribution < -0.4 is 4.74 Å². The molecule has 1 nitrogen and oxygen atoms in total. The summed E-state index contributed by atoms with van der Waals surface area (Å²) in [6.07, 6.45) is 18.6. The van der Waals surface area contributed by atoms with Gasteiger partial charge in [-0.05, 0) is 104 Å². The molecule has 0 amide bonds. The molecule has 1 aliphatic carbocycles. The van der Waals surface area contributed by atoms with Crippen LogP contribution in [0.5, 0.6) is 5.75 Å². The summed E-state index contributed by atoms with van der Waals surface area (Å²) in [4.78, 5) is 0. The summed E-state index contributed by atoms with van der Waals surface area (Å²) in [5.74, 6) is -0.389. The Morgan fingerprint density at radius 3 is 2.10 bits per heavy atom. The van der Waals surface area contributed by atoms with Gasteiger partial charge >= 0.3 is 0 Å². The van der Waals surface area contributed by atoms with Gasteiger partial charge in [-0.25, -0.2) is 4.39 Å². The summed E-state index contributed by atoms with van der Waals surface area (Å²) >= 11 is 0. The van der Waals surface area contributed by atoms with E-state index < -0.39 is 11.6 Å². The Bertz CT molecular complexity index is 1190. The molecule has 0 aliphatic heterocycles. The first kappa shape index (κ1) is 30.0. The van der Waals surface area contributed by atoms with E-state index in [2.05, 4.69) is 43.3 Å². The highest BCUT2D eigenvalue weighted by Gasteiger charge is 2.21. The molecule has 0 bridgehead atoms. The number of unbranched alkanes of at least 4 members (excludes halogenated alkanes) is 3. The number of aryl methyl sites for hydroxylation is 2. The highest BCUT2D eigenvalue weighted by atomic mass is 19.2. The Hall–Kier alpha value is -2.94. The topological polar surface area (TPSA) is 9.23 Å². The van der Waals surface area contributed by atoms with Crippen LogP contribution in [0.3, 0.4) is 0 Å². The van der Waals surface area contributed by atoms with Crippen LogP contribution >= 0.6 is 0 Å². The summed E-state index contributed by atoms with van der Waals surface area (Å²) in [6.45, 7) is 4.68. The zero-order chi connectivity index (χ0) is 28.2. The molecule has 1 saturated carbocycles.